The van der Waals surface area contributed by atoms with Crippen LogP contribution in [0.5, 0.6) is 0 Å². The Morgan fingerprint density at radius 2 is 2.57 bits per heavy atom. The molecular formula is C8H15N5O. The van der Waals surface area contributed by atoms with E-state index in [4.69, 9.17) is 10.9 Å². The van der Waals surface area contributed by atoms with Gasteiger partial charge in [0.2, 0.25) is 0 Å². The SMILES string of the molecule is CC(Cn1ccnc1)NCC(N)=NO. The molecule has 0 aliphatic heterocycles. The average molecular weight is 197 g/mol. The van der Waals surface area contributed by atoms with Gasteiger partial charge in [0.25, 0.3) is 0 Å². The number of oxime groups is 1. The van der Waals surface area contributed by atoms with Gasteiger partial charge in [0.15, 0.2) is 5.84 Å². The molecule has 6 nitrogen and oxygen atoms in total. The minimum absolute atomic E-state index is 0.183. The molecule has 0 saturated carbocycles. The van der Waals surface area contributed by atoms with Crippen molar-refractivity contribution in [3.8, 4) is 0 Å². The van der Waals surface area contributed by atoms with Gasteiger partial charge in [0.1, 0.15) is 0 Å². The molecule has 1 heterocycles. The summed E-state index contributed by atoms with van der Waals surface area (Å²) in [6.45, 7) is 3.20. The lowest BCUT2D eigenvalue weighted by Gasteiger charge is -2.13. The summed E-state index contributed by atoms with van der Waals surface area (Å²) in [7, 11) is 0. The molecule has 0 spiro atoms. The Kier molecular flexibility index (Phi) is 3.93. The normalized spacial score (nSPS) is 14.2. The summed E-state index contributed by atoms with van der Waals surface area (Å²) in [5.41, 5.74) is 5.31. The first-order valence-corrected chi connectivity index (χ1v) is 4.38. The van der Waals surface area contributed by atoms with Crippen molar-refractivity contribution in [3.63, 3.8) is 0 Å². The van der Waals surface area contributed by atoms with Gasteiger partial charge in [-0.15, -0.1) is 0 Å². The molecule has 0 fully saturated rings. The third kappa shape index (κ3) is 3.44. The number of hydrogen-bond acceptors (Lipinski definition) is 4. The van der Waals surface area contributed by atoms with Gasteiger partial charge >= 0.3 is 0 Å². The van der Waals surface area contributed by atoms with Crippen molar-refractivity contribution in [2.45, 2.75) is 19.5 Å². The maximum absolute atomic E-state index is 8.31. The topological polar surface area (TPSA) is 88.5 Å². The highest BCUT2D eigenvalue weighted by Crippen LogP contribution is 1.90. The molecule has 0 aliphatic carbocycles. The lowest BCUT2D eigenvalue weighted by Crippen LogP contribution is -2.37. The number of rotatable bonds is 5. The predicted molar refractivity (Wildman–Crippen MR) is 53.1 cm³/mol. The molecule has 0 radical (unpaired) electrons. The molecule has 1 aromatic heterocycles. The smallest absolute Gasteiger partial charge is 0.153 e. The number of imidazole rings is 1. The summed E-state index contributed by atoms with van der Waals surface area (Å²) in [5.74, 6) is 0.183. The van der Waals surface area contributed by atoms with Crippen LogP contribution in [-0.4, -0.2) is 33.2 Å². The Balaban J connectivity index is 2.26. The van der Waals surface area contributed by atoms with Gasteiger partial charge in [0, 0.05) is 25.0 Å². The summed E-state index contributed by atoms with van der Waals surface area (Å²) < 4.78 is 1.96. The molecule has 0 aromatic carbocycles. The van der Waals surface area contributed by atoms with E-state index in [1.54, 1.807) is 12.5 Å². The second-order valence-electron chi connectivity index (χ2n) is 3.13. The molecule has 0 aliphatic rings. The molecule has 1 unspecified atom stereocenters. The molecule has 14 heavy (non-hydrogen) atoms. The van der Waals surface area contributed by atoms with Crippen LogP contribution in [0.3, 0.4) is 0 Å². The molecule has 4 N–H and O–H groups in total. The number of hydrogen-bond donors (Lipinski definition) is 3. The number of nitrogens with zero attached hydrogens (tertiary/aromatic N) is 3. The van der Waals surface area contributed by atoms with Crippen molar-refractivity contribution in [2.75, 3.05) is 6.54 Å². The first-order valence-electron chi connectivity index (χ1n) is 4.38. The van der Waals surface area contributed by atoms with E-state index in [1.807, 2.05) is 17.7 Å². The molecule has 78 valence electrons. The first kappa shape index (κ1) is 10.5. The minimum Gasteiger partial charge on any atom is -0.409 e. The van der Waals surface area contributed by atoms with E-state index in [-0.39, 0.29) is 11.9 Å². The largest absolute Gasteiger partial charge is 0.409 e. The van der Waals surface area contributed by atoms with E-state index in [0.29, 0.717) is 6.54 Å². The Hall–Kier alpha value is -1.56. The zero-order chi connectivity index (χ0) is 10.4. The van der Waals surface area contributed by atoms with Gasteiger partial charge in [-0.05, 0) is 6.92 Å². The molecule has 1 atom stereocenters. The Morgan fingerprint density at radius 1 is 1.79 bits per heavy atom. The van der Waals surface area contributed by atoms with Crippen molar-refractivity contribution in [1.82, 2.24) is 14.9 Å². The van der Waals surface area contributed by atoms with Crippen LogP contribution in [0.25, 0.3) is 0 Å². The molecule has 0 saturated heterocycles. The zero-order valence-corrected chi connectivity index (χ0v) is 8.09. The predicted octanol–water partition coefficient (Wildman–Crippen LogP) is -0.392. The monoisotopic (exact) mass is 197 g/mol. The summed E-state index contributed by atoms with van der Waals surface area (Å²) >= 11 is 0. The maximum Gasteiger partial charge on any atom is 0.153 e. The van der Waals surface area contributed by atoms with Gasteiger partial charge in [-0.2, -0.15) is 0 Å². The van der Waals surface area contributed by atoms with Gasteiger partial charge in [0.05, 0.1) is 12.9 Å². The average Bonchev–Trinajstić information content (AvgIpc) is 2.66. The quantitative estimate of drug-likeness (QED) is 0.259. The highest BCUT2D eigenvalue weighted by molar-refractivity contribution is 5.81. The van der Waals surface area contributed by atoms with E-state index in [2.05, 4.69) is 15.5 Å². The molecule has 6 heteroatoms. The first-order chi connectivity index (χ1) is 6.72. The van der Waals surface area contributed by atoms with Gasteiger partial charge in [-0.25, -0.2) is 4.98 Å². The van der Waals surface area contributed by atoms with Crippen LogP contribution in [0.15, 0.2) is 23.9 Å². The van der Waals surface area contributed by atoms with E-state index in [0.717, 1.165) is 6.54 Å². The van der Waals surface area contributed by atoms with Crippen LogP contribution >= 0.6 is 0 Å². The van der Waals surface area contributed by atoms with Crippen LogP contribution in [0.2, 0.25) is 0 Å². The fourth-order valence-corrected chi connectivity index (χ4v) is 1.09. The van der Waals surface area contributed by atoms with E-state index >= 15 is 0 Å². The number of amidine groups is 1. The van der Waals surface area contributed by atoms with E-state index < -0.39 is 0 Å². The minimum atomic E-state index is 0.183. The zero-order valence-electron chi connectivity index (χ0n) is 8.09. The second-order valence-corrected chi connectivity index (χ2v) is 3.13. The van der Waals surface area contributed by atoms with Crippen LogP contribution in [-0.2, 0) is 6.54 Å². The Bertz CT molecular complexity index is 282. The standard InChI is InChI=1S/C8H15N5O/c1-7(11-4-8(9)12-14)5-13-3-2-10-6-13/h2-3,6-7,11,14H,4-5H2,1H3,(H2,9,12). The van der Waals surface area contributed by atoms with Crippen molar-refractivity contribution < 1.29 is 5.21 Å². The van der Waals surface area contributed by atoms with Gasteiger partial charge in [-0.3, -0.25) is 0 Å². The molecule has 1 rings (SSSR count). The van der Waals surface area contributed by atoms with Crippen LogP contribution in [0, 0.1) is 0 Å². The van der Waals surface area contributed by atoms with E-state index in [1.165, 1.54) is 0 Å². The molecule has 0 amide bonds. The lowest BCUT2D eigenvalue weighted by molar-refractivity contribution is 0.316. The number of aromatic nitrogens is 2. The van der Waals surface area contributed by atoms with Crippen molar-refractivity contribution in [2.24, 2.45) is 10.9 Å². The molecule has 1 aromatic rings. The second kappa shape index (κ2) is 5.23. The Labute approximate surface area is 82.4 Å². The molecular weight excluding hydrogens is 182 g/mol. The lowest BCUT2D eigenvalue weighted by atomic mass is 10.3. The van der Waals surface area contributed by atoms with Crippen LogP contribution in [0.4, 0.5) is 0 Å². The third-order valence-electron chi connectivity index (χ3n) is 1.80. The summed E-state index contributed by atoms with van der Waals surface area (Å²) in [4.78, 5) is 3.93. The van der Waals surface area contributed by atoms with Crippen LogP contribution < -0.4 is 11.1 Å². The highest BCUT2D eigenvalue weighted by atomic mass is 16.4. The summed E-state index contributed by atoms with van der Waals surface area (Å²) in [5, 5.41) is 14.3. The maximum atomic E-state index is 8.31. The highest BCUT2D eigenvalue weighted by Gasteiger charge is 2.02. The van der Waals surface area contributed by atoms with Crippen LogP contribution in [0.1, 0.15) is 6.92 Å². The summed E-state index contributed by atoms with van der Waals surface area (Å²) in [6, 6.07) is 0.240. The van der Waals surface area contributed by atoms with Crippen molar-refractivity contribution in [3.05, 3.63) is 18.7 Å². The van der Waals surface area contributed by atoms with Crippen molar-refractivity contribution >= 4 is 5.84 Å². The van der Waals surface area contributed by atoms with E-state index in [9.17, 15) is 0 Å². The molecule has 0 bridgehead atoms. The Morgan fingerprint density at radius 3 is 3.14 bits per heavy atom. The number of nitrogens with one attached hydrogen (secondary N) is 1. The third-order valence-corrected chi connectivity index (χ3v) is 1.80. The summed E-state index contributed by atoms with van der Waals surface area (Å²) in [6.07, 6.45) is 5.37. The fraction of sp³-hybridized carbons (Fsp3) is 0.500. The van der Waals surface area contributed by atoms with Gasteiger partial charge < -0.3 is 20.8 Å². The fourth-order valence-electron chi connectivity index (χ4n) is 1.09. The van der Waals surface area contributed by atoms with Crippen molar-refractivity contribution in [1.29, 1.82) is 0 Å². The number of nitrogens with two attached hydrogens (primary N) is 1. The van der Waals surface area contributed by atoms with Gasteiger partial charge in [-0.1, -0.05) is 5.16 Å².